The summed E-state index contributed by atoms with van der Waals surface area (Å²) in [6, 6.07) is 88.0. The zero-order valence-corrected chi connectivity index (χ0v) is 86.5. The molecule has 0 saturated heterocycles. The molecule has 0 aliphatic heterocycles. The molecule has 0 N–H and O–H groups in total. The van der Waals surface area contributed by atoms with E-state index in [1.807, 2.05) is 135 Å². The van der Waals surface area contributed by atoms with Gasteiger partial charge in [-0.2, -0.15) is 0 Å². The first kappa shape index (κ1) is 100. The average Bonchev–Trinajstić information content (AvgIpc) is 1.40. The summed E-state index contributed by atoms with van der Waals surface area (Å²) >= 11 is 0. The van der Waals surface area contributed by atoms with Gasteiger partial charge in [0, 0.05) is 197 Å². The predicted molar refractivity (Wildman–Crippen MR) is 490 cm³/mol. The monoisotopic (exact) mass is 2530 g/mol. The molecule has 10 aromatic carbocycles. The van der Waals surface area contributed by atoms with Crippen LogP contribution in [0.15, 0.2) is 275 Å². The molecule has 0 fully saturated rings. The van der Waals surface area contributed by atoms with Crippen LogP contribution in [0.5, 0.6) is 0 Å². The Morgan fingerprint density at radius 2 is 0.766 bits per heavy atom. The number of hydrogen-bond donors (Lipinski definition) is 0. The fraction of sp³-hybridized carbons (Fsp3) is 0.259. The Morgan fingerprint density at radius 3 is 1.16 bits per heavy atom. The fourth-order valence-corrected chi connectivity index (χ4v) is 16.2. The van der Waals surface area contributed by atoms with Crippen LogP contribution in [-0.2, 0) is 124 Å². The largest absolute Gasteiger partial charge is 0.340 e. The number of para-hydroxylation sites is 4. The van der Waals surface area contributed by atoms with E-state index in [2.05, 4.69) is 350 Å². The SMILES string of the molecule is CC(C)(C)c1cccc(C(C)(C)C)c1-n1ccnc1-c1[c-]cccc1.CC(C)c1cccc(C(C)C)c1-n1ccnc1-c1[c-]cccc1.Cc1c[c-]c(-c2nccn2-c2c(C(C)C)cccc2C(C)C)cc1.Cc1cc(-c2ccncc2)cc(C)c1-n1ccnc1-c1[c-]cccc1.Cc1cccc(C)c1-[n+]1c[n-]c2c1CCCc1ccc[c-]c1-2.[Ir].[Ir].[Ir].[Ir].[Ir]. The van der Waals surface area contributed by atoms with Crippen LogP contribution in [0, 0.1) is 65.0 Å². The van der Waals surface area contributed by atoms with Gasteiger partial charge in [-0.25, -0.2) is 0 Å². The number of nitrogens with zero attached hydrogens (tertiary/aromatic N) is 11. The first-order chi connectivity index (χ1) is 57.3. The van der Waals surface area contributed by atoms with Crippen LogP contribution < -0.4 is 9.55 Å². The van der Waals surface area contributed by atoms with E-state index in [0.717, 1.165) is 70.5 Å². The maximum Gasteiger partial charge on any atom is 0.0885 e. The smallest absolute Gasteiger partial charge is 0.0885 e. The predicted octanol–water partition coefficient (Wildman–Crippen LogP) is 25.9. The first-order valence-corrected chi connectivity index (χ1v) is 41.9. The van der Waals surface area contributed by atoms with Gasteiger partial charge in [0.05, 0.1) is 35.3 Å². The van der Waals surface area contributed by atoms with Crippen LogP contribution in [0.4, 0.5) is 0 Å². The molecule has 1 aliphatic rings. The molecule has 124 heavy (non-hydrogen) atoms. The Bertz CT molecular complexity index is 5930. The number of rotatable bonds is 14. The third kappa shape index (κ3) is 23.1. The first-order valence-electron chi connectivity index (χ1n) is 41.9. The molecule has 11 nitrogen and oxygen atoms in total. The topological polar surface area (TPSA) is 102 Å². The molecule has 0 spiro atoms. The minimum absolute atomic E-state index is 0. The average molecular weight is 2530 g/mol. The molecule has 16 heteroatoms. The van der Waals surface area contributed by atoms with Gasteiger partial charge in [0.15, 0.2) is 0 Å². The van der Waals surface area contributed by atoms with Crippen LogP contribution in [0.25, 0.3) is 96.4 Å². The molecule has 1 aliphatic carbocycles. The molecular formula is C108H112Ir5N11-5. The molecule has 6 heterocycles. The molecule has 5 radical (unpaired) electrons. The van der Waals surface area contributed by atoms with Gasteiger partial charge in [0.2, 0.25) is 0 Å². The van der Waals surface area contributed by atoms with E-state index in [1.165, 1.54) is 118 Å². The minimum atomic E-state index is 0. The van der Waals surface area contributed by atoms with Crippen molar-refractivity contribution >= 4 is 0 Å². The van der Waals surface area contributed by atoms with Crippen molar-refractivity contribution in [1.82, 2.24) is 48.2 Å². The second-order valence-corrected chi connectivity index (χ2v) is 34.3. The maximum atomic E-state index is 4.75. The number of pyridine rings is 1. The molecule has 16 aromatic rings. The van der Waals surface area contributed by atoms with Crippen LogP contribution in [-0.4, -0.2) is 43.2 Å². The van der Waals surface area contributed by atoms with Crippen LogP contribution in [0.2, 0.25) is 0 Å². The normalized spacial score (nSPS) is 11.4. The summed E-state index contributed by atoms with van der Waals surface area (Å²) in [5, 5.41) is 0. The van der Waals surface area contributed by atoms with E-state index in [4.69, 9.17) is 4.98 Å². The second-order valence-electron chi connectivity index (χ2n) is 34.3. The Balaban J connectivity index is 0.000000190. The quantitative estimate of drug-likeness (QED) is 0.0794. The summed E-state index contributed by atoms with van der Waals surface area (Å²) in [5.41, 5.74) is 32.0. The summed E-state index contributed by atoms with van der Waals surface area (Å²) in [7, 11) is 0. The fourth-order valence-electron chi connectivity index (χ4n) is 16.2. The van der Waals surface area contributed by atoms with Crippen molar-refractivity contribution in [3.05, 3.63) is 377 Å². The van der Waals surface area contributed by atoms with E-state index in [1.54, 1.807) is 0 Å². The Kier molecular flexibility index (Phi) is 36.5. The summed E-state index contributed by atoms with van der Waals surface area (Å²) < 4.78 is 11.1. The minimum Gasteiger partial charge on any atom is -0.340 e. The molecule has 17 rings (SSSR count). The van der Waals surface area contributed by atoms with E-state index < -0.39 is 0 Å². The van der Waals surface area contributed by atoms with E-state index in [9.17, 15) is 0 Å². The zero-order chi connectivity index (χ0) is 84.2. The number of aromatic nitrogens is 11. The van der Waals surface area contributed by atoms with Crippen molar-refractivity contribution < 1.29 is 105 Å². The van der Waals surface area contributed by atoms with Crippen LogP contribution >= 0.6 is 0 Å². The number of benzene rings is 10. The molecule has 0 unspecified atom stereocenters. The van der Waals surface area contributed by atoms with Crippen molar-refractivity contribution in [2.24, 2.45) is 0 Å². The van der Waals surface area contributed by atoms with Crippen molar-refractivity contribution in [3.63, 3.8) is 0 Å². The van der Waals surface area contributed by atoms with Gasteiger partial charge in [-0.15, -0.1) is 178 Å². The van der Waals surface area contributed by atoms with Crippen molar-refractivity contribution in [1.29, 1.82) is 0 Å². The molecular weight excluding hydrogens is 2410 g/mol. The number of hydrogen-bond acceptors (Lipinski definition) is 5. The zero-order valence-electron chi connectivity index (χ0n) is 74.5. The summed E-state index contributed by atoms with van der Waals surface area (Å²) in [6.07, 6.45) is 24.6. The Morgan fingerprint density at radius 1 is 0.371 bits per heavy atom. The Labute approximate surface area is 804 Å². The molecule has 0 amide bonds. The van der Waals surface area contributed by atoms with Gasteiger partial charge < -0.3 is 22.8 Å². The Hall–Kier alpha value is -9.35. The van der Waals surface area contributed by atoms with Crippen LogP contribution in [0.3, 0.4) is 0 Å². The third-order valence-electron chi connectivity index (χ3n) is 22.0. The summed E-state index contributed by atoms with van der Waals surface area (Å²) in [5.74, 6) is 5.56. The van der Waals surface area contributed by atoms with Gasteiger partial charge in [-0.3, -0.25) is 29.9 Å². The number of imidazole rings is 5. The van der Waals surface area contributed by atoms with Gasteiger partial charge in [0.25, 0.3) is 0 Å². The number of fused-ring (bicyclic) bond motifs is 3. The molecule has 0 bridgehead atoms. The molecule has 649 valence electrons. The van der Waals surface area contributed by atoms with Crippen LogP contribution in [0.1, 0.15) is 199 Å². The van der Waals surface area contributed by atoms with E-state index in [0.29, 0.717) is 23.7 Å². The van der Waals surface area contributed by atoms with Gasteiger partial charge in [-0.1, -0.05) is 189 Å². The van der Waals surface area contributed by atoms with Crippen molar-refractivity contribution in [2.75, 3.05) is 0 Å². The van der Waals surface area contributed by atoms with Gasteiger partial charge >= 0.3 is 0 Å². The van der Waals surface area contributed by atoms with Gasteiger partial charge in [-0.05, 0) is 160 Å². The third-order valence-corrected chi connectivity index (χ3v) is 22.0. The van der Waals surface area contributed by atoms with E-state index in [-0.39, 0.29) is 111 Å². The molecule has 0 saturated carbocycles. The van der Waals surface area contributed by atoms with E-state index >= 15 is 0 Å². The van der Waals surface area contributed by atoms with Gasteiger partial charge in [0.1, 0.15) is 0 Å². The maximum absolute atomic E-state index is 4.75. The number of aryl methyl sites for hydroxylation is 6. The van der Waals surface area contributed by atoms with Crippen molar-refractivity contribution in [2.45, 2.75) is 185 Å². The van der Waals surface area contributed by atoms with Crippen molar-refractivity contribution in [3.8, 4) is 96.4 Å². The summed E-state index contributed by atoms with van der Waals surface area (Å²) in [4.78, 5) is 27.3. The molecule has 6 aromatic heterocycles. The second kappa shape index (κ2) is 45.2. The standard InChI is InChI=1S/C23H27N2.C22H18N3.C22H25N2.C21H23N2.C20H19N2.5Ir/c1-22(2,3)18-13-10-14-19(23(4,5)6)20(18)25-16-15-24-21(25)17-11-8-7-9-12-17;1-16-14-20(18-8-10-23-11-9-18)15-17(2)21(16)25-13-12-24-22(25)19-6-4-3-5-7-19;1-15(2)19-7-6-8-20(16(3)4)21(19)24-14-13-23-22(24)18-11-9-17(5)10-12-18;1-15(2)18-11-8-12-19(16(3)4)20(18)23-14-13-22-21(23)17-9-6-5-7-10-17;1-14-7-5-8-15(2)20(14)22-13-21-19-17-11-4-3-9-16(17)10-6-12-18(19)22;;;;;/h7-11,13-16H,1-6H3;3-6,8-15H,1-2H3;6-11,13-16H,1-5H3;5-9,11-16H,1-4H3;3-5,7-9,13H,6,10,12H2,1-2H3;;;;;/q5*-1;;;;;. The molecule has 0 atom stereocenters. The summed E-state index contributed by atoms with van der Waals surface area (Å²) in [6.45, 7) is 42.3.